The molecule has 0 fully saturated rings. The fraction of sp³-hybridized carbons (Fsp3) is 0.133. The average molecular weight is 305 g/mol. The molecule has 3 aromatic rings. The summed E-state index contributed by atoms with van der Waals surface area (Å²) in [7, 11) is 0. The molecule has 1 aromatic heterocycles. The minimum atomic E-state index is 0.633. The molecule has 102 valence electrons. The summed E-state index contributed by atoms with van der Waals surface area (Å²) in [5.41, 5.74) is 1.82. The lowest BCUT2D eigenvalue weighted by Gasteiger charge is -2.09. The standard InChI is InChI=1S/C15H13ClN2OS/c1-2-19-13-6-4-3-5-11(13)17-15-18-12-9-10(16)7-8-14(12)20-15/h3-9H,2H2,1H3,(H,17,18). The summed E-state index contributed by atoms with van der Waals surface area (Å²) in [6.45, 7) is 2.60. The molecule has 20 heavy (non-hydrogen) atoms. The van der Waals surface area contributed by atoms with E-state index in [1.54, 1.807) is 11.3 Å². The third-order valence-electron chi connectivity index (χ3n) is 2.78. The first-order valence-corrected chi connectivity index (χ1v) is 7.50. The van der Waals surface area contributed by atoms with Gasteiger partial charge in [0.05, 0.1) is 22.5 Å². The molecule has 0 spiro atoms. The van der Waals surface area contributed by atoms with Crippen molar-refractivity contribution in [3.63, 3.8) is 0 Å². The minimum absolute atomic E-state index is 0.633. The van der Waals surface area contributed by atoms with Crippen molar-refractivity contribution in [3.8, 4) is 5.75 Å². The molecule has 0 atom stereocenters. The van der Waals surface area contributed by atoms with Gasteiger partial charge in [-0.25, -0.2) is 4.98 Å². The summed E-state index contributed by atoms with van der Waals surface area (Å²) < 4.78 is 6.70. The number of hydrogen-bond acceptors (Lipinski definition) is 4. The third kappa shape index (κ3) is 2.71. The van der Waals surface area contributed by atoms with Gasteiger partial charge in [-0.3, -0.25) is 0 Å². The van der Waals surface area contributed by atoms with E-state index in [1.165, 1.54) is 0 Å². The van der Waals surface area contributed by atoms with Crippen LogP contribution in [0.1, 0.15) is 6.92 Å². The van der Waals surface area contributed by atoms with E-state index >= 15 is 0 Å². The van der Waals surface area contributed by atoms with E-state index in [2.05, 4.69) is 10.3 Å². The highest BCUT2D eigenvalue weighted by molar-refractivity contribution is 7.22. The van der Waals surface area contributed by atoms with Crippen LogP contribution in [0.2, 0.25) is 5.02 Å². The molecule has 0 aliphatic carbocycles. The van der Waals surface area contributed by atoms with Crippen LogP contribution in [0.4, 0.5) is 10.8 Å². The Morgan fingerprint density at radius 1 is 1.25 bits per heavy atom. The Balaban J connectivity index is 1.93. The van der Waals surface area contributed by atoms with Crippen molar-refractivity contribution < 1.29 is 4.74 Å². The molecule has 5 heteroatoms. The van der Waals surface area contributed by atoms with Gasteiger partial charge in [0.15, 0.2) is 5.13 Å². The fourth-order valence-electron chi connectivity index (χ4n) is 1.92. The molecule has 1 heterocycles. The molecule has 0 saturated carbocycles. The van der Waals surface area contributed by atoms with Gasteiger partial charge in [-0.15, -0.1) is 0 Å². The number of benzene rings is 2. The summed E-state index contributed by atoms with van der Waals surface area (Å²) in [6, 6.07) is 13.6. The maximum Gasteiger partial charge on any atom is 0.188 e. The molecule has 3 nitrogen and oxygen atoms in total. The van der Waals surface area contributed by atoms with Gasteiger partial charge in [0, 0.05) is 5.02 Å². The Hall–Kier alpha value is -1.78. The third-order valence-corrected chi connectivity index (χ3v) is 3.97. The van der Waals surface area contributed by atoms with Crippen LogP contribution in [0.15, 0.2) is 42.5 Å². The highest BCUT2D eigenvalue weighted by Crippen LogP contribution is 2.33. The van der Waals surface area contributed by atoms with Crippen LogP contribution in [0.3, 0.4) is 0 Å². The Labute approximate surface area is 126 Å². The van der Waals surface area contributed by atoms with Crippen LogP contribution in [-0.2, 0) is 0 Å². The number of ether oxygens (including phenoxy) is 1. The van der Waals surface area contributed by atoms with Gasteiger partial charge < -0.3 is 10.1 Å². The first-order chi connectivity index (χ1) is 9.76. The number of aromatic nitrogens is 1. The summed E-state index contributed by atoms with van der Waals surface area (Å²) in [5, 5.41) is 4.83. The Kier molecular flexibility index (Phi) is 3.76. The van der Waals surface area contributed by atoms with E-state index in [0.717, 1.165) is 26.8 Å². The lowest BCUT2D eigenvalue weighted by molar-refractivity contribution is 0.342. The van der Waals surface area contributed by atoms with E-state index < -0.39 is 0 Å². The van der Waals surface area contributed by atoms with Gasteiger partial charge in [0.1, 0.15) is 5.75 Å². The van der Waals surface area contributed by atoms with Gasteiger partial charge in [0.2, 0.25) is 0 Å². The second-order valence-electron chi connectivity index (χ2n) is 4.19. The zero-order valence-electron chi connectivity index (χ0n) is 10.9. The van der Waals surface area contributed by atoms with E-state index in [1.807, 2.05) is 49.4 Å². The lowest BCUT2D eigenvalue weighted by Crippen LogP contribution is -1.97. The van der Waals surface area contributed by atoms with Crippen LogP contribution in [-0.4, -0.2) is 11.6 Å². The molecular formula is C15H13ClN2OS. The predicted molar refractivity (Wildman–Crippen MR) is 85.5 cm³/mol. The maximum atomic E-state index is 5.98. The second kappa shape index (κ2) is 5.69. The molecule has 3 rings (SSSR count). The zero-order chi connectivity index (χ0) is 13.9. The van der Waals surface area contributed by atoms with Crippen molar-refractivity contribution in [1.29, 1.82) is 0 Å². The van der Waals surface area contributed by atoms with Crippen molar-refractivity contribution in [2.75, 3.05) is 11.9 Å². The Bertz CT molecular complexity index is 742. The summed E-state index contributed by atoms with van der Waals surface area (Å²) in [5.74, 6) is 0.826. The normalized spacial score (nSPS) is 10.7. The molecule has 0 amide bonds. The van der Waals surface area contributed by atoms with Crippen molar-refractivity contribution in [2.45, 2.75) is 6.92 Å². The van der Waals surface area contributed by atoms with Crippen molar-refractivity contribution >= 4 is 44.0 Å². The fourth-order valence-corrected chi connectivity index (χ4v) is 2.95. The summed E-state index contributed by atoms with van der Waals surface area (Å²) in [4.78, 5) is 4.54. The quantitative estimate of drug-likeness (QED) is 0.729. The molecule has 0 bridgehead atoms. The Morgan fingerprint density at radius 2 is 2.10 bits per heavy atom. The largest absolute Gasteiger partial charge is 0.492 e. The van der Waals surface area contributed by atoms with E-state index in [0.29, 0.717) is 11.6 Å². The number of rotatable bonds is 4. The first kappa shape index (κ1) is 13.2. The molecule has 2 aromatic carbocycles. The molecule has 0 saturated heterocycles. The number of nitrogens with one attached hydrogen (secondary N) is 1. The highest BCUT2D eigenvalue weighted by Gasteiger charge is 2.07. The van der Waals surface area contributed by atoms with Gasteiger partial charge in [-0.2, -0.15) is 0 Å². The number of para-hydroxylation sites is 2. The maximum absolute atomic E-state index is 5.98. The molecular weight excluding hydrogens is 292 g/mol. The number of fused-ring (bicyclic) bond motifs is 1. The van der Waals surface area contributed by atoms with Gasteiger partial charge in [-0.1, -0.05) is 35.1 Å². The minimum Gasteiger partial charge on any atom is -0.492 e. The molecule has 0 unspecified atom stereocenters. The number of hydrogen-bond donors (Lipinski definition) is 1. The predicted octanol–water partition coefficient (Wildman–Crippen LogP) is 5.09. The number of anilines is 2. The van der Waals surface area contributed by atoms with E-state index in [-0.39, 0.29) is 0 Å². The topological polar surface area (TPSA) is 34.1 Å². The zero-order valence-corrected chi connectivity index (χ0v) is 12.5. The van der Waals surface area contributed by atoms with Gasteiger partial charge in [0.25, 0.3) is 0 Å². The molecule has 0 aliphatic heterocycles. The smallest absolute Gasteiger partial charge is 0.188 e. The number of thiazole rings is 1. The van der Waals surface area contributed by atoms with Crippen LogP contribution >= 0.6 is 22.9 Å². The van der Waals surface area contributed by atoms with Crippen LogP contribution in [0.25, 0.3) is 10.2 Å². The highest BCUT2D eigenvalue weighted by atomic mass is 35.5. The summed E-state index contributed by atoms with van der Waals surface area (Å²) >= 11 is 7.57. The average Bonchev–Trinajstić information content (AvgIpc) is 2.82. The Morgan fingerprint density at radius 3 is 2.95 bits per heavy atom. The van der Waals surface area contributed by atoms with Gasteiger partial charge in [-0.05, 0) is 37.3 Å². The second-order valence-corrected chi connectivity index (χ2v) is 5.65. The first-order valence-electron chi connectivity index (χ1n) is 6.31. The monoisotopic (exact) mass is 304 g/mol. The molecule has 1 N–H and O–H groups in total. The van der Waals surface area contributed by atoms with Crippen molar-refractivity contribution in [2.24, 2.45) is 0 Å². The SMILES string of the molecule is CCOc1ccccc1Nc1nc2cc(Cl)ccc2s1. The molecule has 0 radical (unpaired) electrons. The van der Waals surface area contributed by atoms with E-state index in [4.69, 9.17) is 16.3 Å². The number of halogens is 1. The lowest BCUT2D eigenvalue weighted by atomic mass is 10.3. The number of nitrogens with zero attached hydrogens (tertiary/aromatic N) is 1. The van der Waals surface area contributed by atoms with Crippen LogP contribution in [0, 0.1) is 0 Å². The van der Waals surface area contributed by atoms with E-state index in [9.17, 15) is 0 Å². The van der Waals surface area contributed by atoms with Crippen LogP contribution < -0.4 is 10.1 Å². The van der Waals surface area contributed by atoms with Crippen molar-refractivity contribution in [3.05, 3.63) is 47.5 Å². The van der Waals surface area contributed by atoms with Crippen LogP contribution in [0.5, 0.6) is 5.75 Å². The summed E-state index contributed by atoms with van der Waals surface area (Å²) in [6.07, 6.45) is 0. The van der Waals surface area contributed by atoms with Crippen molar-refractivity contribution in [1.82, 2.24) is 4.98 Å². The molecule has 0 aliphatic rings. The van der Waals surface area contributed by atoms with Gasteiger partial charge >= 0.3 is 0 Å².